The highest BCUT2D eigenvalue weighted by Crippen LogP contribution is 2.47. The van der Waals surface area contributed by atoms with Crippen LogP contribution in [-0.2, 0) is 17.6 Å². The molecule has 0 aromatic heterocycles. The summed E-state index contributed by atoms with van der Waals surface area (Å²) in [5.41, 5.74) is 3.83. The minimum atomic E-state index is 0.0961. The summed E-state index contributed by atoms with van der Waals surface area (Å²) in [6.07, 6.45) is 23.3. The molecular formula is C32H51FO. The molecule has 2 saturated carbocycles. The van der Waals surface area contributed by atoms with Crippen molar-refractivity contribution < 1.29 is 9.13 Å². The van der Waals surface area contributed by atoms with Gasteiger partial charge in [0.05, 0.1) is 6.10 Å². The number of fused-ring (bicyclic) bond motifs is 2. The maximum absolute atomic E-state index is 15.3. The van der Waals surface area contributed by atoms with Crippen molar-refractivity contribution in [2.24, 2.45) is 17.8 Å². The van der Waals surface area contributed by atoms with E-state index in [4.69, 9.17) is 4.74 Å². The van der Waals surface area contributed by atoms with Crippen molar-refractivity contribution in [2.45, 2.75) is 141 Å². The lowest BCUT2D eigenvalue weighted by Crippen LogP contribution is -2.34. The average Bonchev–Trinajstić information content (AvgIpc) is 2.85. The third-order valence-corrected chi connectivity index (χ3v) is 9.47. The second kappa shape index (κ2) is 13.4. The monoisotopic (exact) mass is 470 g/mol. The number of aryl methyl sites for hydroxylation is 1. The molecule has 2 heteroatoms. The van der Waals surface area contributed by atoms with Crippen molar-refractivity contribution in [1.29, 1.82) is 0 Å². The van der Waals surface area contributed by atoms with Gasteiger partial charge in [-0.3, -0.25) is 0 Å². The molecule has 192 valence electrons. The Kier molecular flexibility index (Phi) is 10.3. The van der Waals surface area contributed by atoms with E-state index in [1.165, 1.54) is 114 Å². The minimum Gasteiger partial charge on any atom is -0.378 e. The molecule has 5 atom stereocenters. The van der Waals surface area contributed by atoms with Gasteiger partial charge < -0.3 is 4.74 Å². The lowest BCUT2D eigenvalue weighted by atomic mass is 9.65. The van der Waals surface area contributed by atoms with Crippen LogP contribution in [-0.4, -0.2) is 12.7 Å². The van der Waals surface area contributed by atoms with Crippen LogP contribution in [0, 0.1) is 23.6 Å². The van der Waals surface area contributed by atoms with Gasteiger partial charge in [-0.1, -0.05) is 71.3 Å². The summed E-state index contributed by atoms with van der Waals surface area (Å²) < 4.78 is 21.6. The van der Waals surface area contributed by atoms with E-state index in [0.29, 0.717) is 12.0 Å². The Bertz CT molecular complexity index is 743. The molecule has 4 rings (SSSR count). The van der Waals surface area contributed by atoms with Crippen LogP contribution in [0.4, 0.5) is 4.39 Å². The highest BCUT2D eigenvalue weighted by Gasteiger charge is 2.37. The van der Waals surface area contributed by atoms with E-state index in [1.807, 2.05) is 6.07 Å². The van der Waals surface area contributed by atoms with E-state index < -0.39 is 0 Å². The molecule has 3 aliphatic carbocycles. The van der Waals surface area contributed by atoms with Gasteiger partial charge in [0.25, 0.3) is 0 Å². The SMILES string of the molecule is CCCCCCCC1CCc2cc(C3CCC4CC(OCCCCC)CCC4C3)c(F)cc2C1. The predicted molar refractivity (Wildman–Crippen MR) is 142 cm³/mol. The summed E-state index contributed by atoms with van der Waals surface area (Å²) in [6, 6.07) is 4.25. The van der Waals surface area contributed by atoms with E-state index in [0.717, 1.165) is 42.8 Å². The first-order chi connectivity index (χ1) is 16.7. The van der Waals surface area contributed by atoms with Crippen molar-refractivity contribution in [2.75, 3.05) is 6.61 Å². The Labute approximate surface area is 209 Å². The van der Waals surface area contributed by atoms with Crippen LogP contribution in [0.5, 0.6) is 0 Å². The maximum atomic E-state index is 15.3. The fourth-order valence-electron chi connectivity index (χ4n) is 7.35. The molecule has 0 aliphatic heterocycles. The molecule has 1 nitrogen and oxygen atoms in total. The number of hydrogen-bond donors (Lipinski definition) is 0. The molecule has 0 bridgehead atoms. The van der Waals surface area contributed by atoms with E-state index in [-0.39, 0.29) is 5.82 Å². The zero-order valence-electron chi connectivity index (χ0n) is 22.3. The molecule has 2 fully saturated rings. The van der Waals surface area contributed by atoms with Crippen molar-refractivity contribution in [3.63, 3.8) is 0 Å². The first-order valence-corrected chi connectivity index (χ1v) is 15.1. The van der Waals surface area contributed by atoms with E-state index in [1.54, 1.807) is 0 Å². The van der Waals surface area contributed by atoms with Crippen LogP contribution in [0.1, 0.15) is 139 Å². The van der Waals surface area contributed by atoms with Crippen molar-refractivity contribution >= 4 is 0 Å². The molecule has 0 N–H and O–H groups in total. The molecule has 0 amide bonds. The van der Waals surface area contributed by atoms with Crippen molar-refractivity contribution in [1.82, 2.24) is 0 Å². The first kappa shape index (κ1) is 26.2. The number of rotatable bonds is 12. The largest absolute Gasteiger partial charge is 0.378 e. The summed E-state index contributed by atoms with van der Waals surface area (Å²) in [5, 5.41) is 0. The summed E-state index contributed by atoms with van der Waals surface area (Å²) in [5.74, 6) is 2.89. The van der Waals surface area contributed by atoms with E-state index in [2.05, 4.69) is 19.9 Å². The summed E-state index contributed by atoms with van der Waals surface area (Å²) in [7, 11) is 0. The van der Waals surface area contributed by atoms with Gasteiger partial charge in [0.15, 0.2) is 0 Å². The molecule has 5 unspecified atom stereocenters. The Hall–Kier alpha value is -0.890. The molecule has 1 aromatic carbocycles. The highest BCUT2D eigenvalue weighted by molar-refractivity contribution is 5.37. The molecular weight excluding hydrogens is 419 g/mol. The third-order valence-electron chi connectivity index (χ3n) is 9.47. The molecule has 1 aromatic rings. The van der Waals surface area contributed by atoms with Crippen LogP contribution in [0.2, 0.25) is 0 Å². The molecule has 34 heavy (non-hydrogen) atoms. The van der Waals surface area contributed by atoms with Crippen LogP contribution >= 0.6 is 0 Å². The Morgan fingerprint density at radius 3 is 2.41 bits per heavy atom. The van der Waals surface area contributed by atoms with Gasteiger partial charge in [-0.25, -0.2) is 4.39 Å². The second-order valence-corrected chi connectivity index (χ2v) is 12.0. The van der Waals surface area contributed by atoms with Gasteiger partial charge in [0.1, 0.15) is 5.82 Å². The van der Waals surface area contributed by atoms with Gasteiger partial charge >= 0.3 is 0 Å². The standard InChI is InChI=1S/C32H51FO/c1-3-5-7-8-9-11-24-12-13-27-22-31(32(33)23-29(27)19-24)28-15-14-26-21-30(17-16-25(26)20-28)34-18-10-6-4-2/h22-26,28,30H,3-21H2,1-2H3. The van der Waals surface area contributed by atoms with Crippen molar-refractivity contribution in [3.8, 4) is 0 Å². The molecule has 3 aliphatic rings. The molecule has 0 radical (unpaired) electrons. The van der Waals surface area contributed by atoms with Gasteiger partial charge in [-0.2, -0.15) is 0 Å². The Morgan fingerprint density at radius 1 is 0.794 bits per heavy atom. The third kappa shape index (κ3) is 7.08. The maximum Gasteiger partial charge on any atom is 0.126 e. The number of benzene rings is 1. The number of unbranched alkanes of at least 4 members (excludes halogenated alkanes) is 6. The topological polar surface area (TPSA) is 9.23 Å². The normalized spacial score (nSPS) is 29.0. The van der Waals surface area contributed by atoms with Gasteiger partial charge in [-0.05, 0) is 111 Å². The van der Waals surface area contributed by atoms with Crippen LogP contribution in [0.15, 0.2) is 12.1 Å². The van der Waals surface area contributed by atoms with Gasteiger partial charge in [0.2, 0.25) is 0 Å². The minimum absolute atomic E-state index is 0.0961. The fourth-order valence-corrected chi connectivity index (χ4v) is 7.35. The lowest BCUT2D eigenvalue weighted by Gasteiger charge is -2.42. The van der Waals surface area contributed by atoms with Crippen molar-refractivity contribution in [3.05, 3.63) is 34.6 Å². The number of ether oxygens (including phenoxy) is 1. The lowest BCUT2D eigenvalue weighted by molar-refractivity contribution is -0.0164. The van der Waals surface area contributed by atoms with Gasteiger partial charge in [-0.15, -0.1) is 0 Å². The molecule has 0 heterocycles. The molecule has 0 saturated heterocycles. The van der Waals surface area contributed by atoms with E-state index in [9.17, 15) is 0 Å². The second-order valence-electron chi connectivity index (χ2n) is 12.0. The van der Waals surface area contributed by atoms with Crippen LogP contribution in [0.25, 0.3) is 0 Å². The number of halogens is 1. The quantitative estimate of drug-likeness (QED) is 0.276. The van der Waals surface area contributed by atoms with Crippen LogP contribution in [0.3, 0.4) is 0 Å². The smallest absolute Gasteiger partial charge is 0.126 e. The Morgan fingerprint density at radius 2 is 1.56 bits per heavy atom. The predicted octanol–water partition coefficient (Wildman–Crippen LogP) is 9.55. The fraction of sp³-hybridized carbons (Fsp3) is 0.812. The average molecular weight is 471 g/mol. The zero-order chi connectivity index (χ0) is 23.8. The van der Waals surface area contributed by atoms with E-state index >= 15 is 4.39 Å². The Balaban J connectivity index is 1.27. The summed E-state index contributed by atoms with van der Waals surface area (Å²) in [6.45, 7) is 5.48. The first-order valence-electron chi connectivity index (χ1n) is 15.1. The van der Waals surface area contributed by atoms with Gasteiger partial charge in [0, 0.05) is 6.61 Å². The summed E-state index contributed by atoms with van der Waals surface area (Å²) in [4.78, 5) is 0. The summed E-state index contributed by atoms with van der Waals surface area (Å²) >= 11 is 0. The number of hydrogen-bond acceptors (Lipinski definition) is 1. The molecule has 0 spiro atoms. The van der Waals surface area contributed by atoms with Crippen LogP contribution < -0.4 is 0 Å². The zero-order valence-corrected chi connectivity index (χ0v) is 22.3. The highest BCUT2D eigenvalue weighted by atomic mass is 19.1.